The fourth-order valence-electron chi connectivity index (χ4n) is 2.47. The topological polar surface area (TPSA) is 63.8 Å². The van der Waals surface area contributed by atoms with Gasteiger partial charge >= 0.3 is 5.69 Å². The van der Waals surface area contributed by atoms with Gasteiger partial charge in [-0.3, -0.25) is 4.57 Å². The third-order valence-electron chi connectivity index (χ3n) is 3.22. The van der Waals surface area contributed by atoms with E-state index in [-0.39, 0.29) is 11.7 Å². The molecule has 4 heteroatoms. The summed E-state index contributed by atoms with van der Waals surface area (Å²) in [6, 6.07) is 0.191. The Hall–Kier alpha value is -1.03. The van der Waals surface area contributed by atoms with Gasteiger partial charge in [0.2, 0.25) is 0 Å². The van der Waals surface area contributed by atoms with Gasteiger partial charge < -0.3 is 10.7 Å². The van der Waals surface area contributed by atoms with E-state index in [4.69, 9.17) is 5.73 Å². The van der Waals surface area contributed by atoms with Crippen molar-refractivity contribution in [3.05, 3.63) is 22.9 Å². The molecule has 14 heavy (non-hydrogen) atoms. The summed E-state index contributed by atoms with van der Waals surface area (Å²) in [5, 5.41) is 0. The van der Waals surface area contributed by atoms with E-state index >= 15 is 0 Å². The lowest BCUT2D eigenvalue weighted by Crippen LogP contribution is -2.31. The number of H-pyrrole nitrogens is 1. The molecule has 1 aromatic rings. The van der Waals surface area contributed by atoms with E-state index in [2.05, 4.69) is 4.98 Å². The molecule has 0 saturated heterocycles. The van der Waals surface area contributed by atoms with Gasteiger partial charge in [-0.05, 0) is 18.8 Å². The van der Waals surface area contributed by atoms with Crippen LogP contribution in [0.25, 0.3) is 0 Å². The fraction of sp³-hybridized carbons (Fsp3) is 0.700. The minimum absolute atomic E-state index is 0.0349. The lowest BCUT2D eigenvalue weighted by molar-refractivity contribution is 0.335. The molecular formula is C10H17N3O. The van der Waals surface area contributed by atoms with Gasteiger partial charge in [0.15, 0.2) is 0 Å². The second-order valence-electron chi connectivity index (χ2n) is 4.02. The number of nitrogens with one attached hydrogen (secondary N) is 1. The predicted molar refractivity (Wildman–Crippen MR) is 55.1 cm³/mol. The van der Waals surface area contributed by atoms with Crippen LogP contribution in [0.1, 0.15) is 31.7 Å². The van der Waals surface area contributed by atoms with E-state index in [1.165, 1.54) is 25.7 Å². The Morgan fingerprint density at radius 3 is 2.79 bits per heavy atom. The van der Waals surface area contributed by atoms with Gasteiger partial charge in [0, 0.05) is 18.9 Å². The monoisotopic (exact) mass is 195 g/mol. The van der Waals surface area contributed by atoms with Crippen LogP contribution < -0.4 is 11.4 Å². The highest BCUT2D eigenvalue weighted by molar-refractivity contribution is 4.87. The highest BCUT2D eigenvalue weighted by Crippen LogP contribution is 2.32. The van der Waals surface area contributed by atoms with Crippen LogP contribution in [-0.4, -0.2) is 16.1 Å². The molecule has 1 aliphatic rings. The van der Waals surface area contributed by atoms with Crippen LogP contribution in [0.15, 0.2) is 17.2 Å². The second-order valence-corrected chi connectivity index (χ2v) is 4.02. The highest BCUT2D eigenvalue weighted by Gasteiger charge is 2.25. The summed E-state index contributed by atoms with van der Waals surface area (Å²) in [5.41, 5.74) is 5.70. The lowest BCUT2D eigenvalue weighted by Gasteiger charge is -2.22. The third-order valence-corrected chi connectivity index (χ3v) is 3.22. The summed E-state index contributed by atoms with van der Waals surface area (Å²) < 4.78 is 1.75. The Labute approximate surface area is 83.1 Å². The number of rotatable bonds is 3. The first-order valence-corrected chi connectivity index (χ1v) is 5.28. The van der Waals surface area contributed by atoms with E-state index < -0.39 is 0 Å². The van der Waals surface area contributed by atoms with Crippen molar-refractivity contribution in [1.29, 1.82) is 0 Å². The van der Waals surface area contributed by atoms with Gasteiger partial charge in [0.05, 0.1) is 6.04 Å². The van der Waals surface area contributed by atoms with Crippen molar-refractivity contribution in [2.75, 3.05) is 6.54 Å². The van der Waals surface area contributed by atoms with Crippen molar-refractivity contribution in [2.24, 2.45) is 11.7 Å². The maximum absolute atomic E-state index is 11.4. The van der Waals surface area contributed by atoms with Crippen molar-refractivity contribution in [2.45, 2.75) is 31.7 Å². The van der Waals surface area contributed by atoms with Gasteiger partial charge in [0.25, 0.3) is 0 Å². The largest absolute Gasteiger partial charge is 0.328 e. The molecule has 1 heterocycles. The number of hydrogen-bond acceptors (Lipinski definition) is 2. The Morgan fingerprint density at radius 2 is 2.29 bits per heavy atom. The van der Waals surface area contributed by atoms with Crippen LogP contribution in [0.5, 0.6) is 0 Å². The van der Waals surface area contributed by atoms with Crippen molar-refractivity contribution < 1.29 is 0 Å². The second kappa shape index (κ2) is 4.00. The van der Waals surface area contributed by atoms with Crippen LogP contribution in [0.2, 0.25) is 0 Å². The molecule has 1 unspecified atom stereocenters. The van der Waals surface area contributed by atoms with Crippen molar-refractivity contribution in [1.82, 2.24) is 9.55 Å². The zero-order chi connectivity index (χ0) is 9.97. The molecule has 1 aliphatic carbocycles. The summed E-state index contributed by atoms with van der Waals surface area (Å²) >= 11 is 0. The molecule has 1 atom stereocenters. The fourth-order valence-corrected chi connectivity index (χ4v) is 2.47. The molecule has 0 spiro atoms. The minimum Gasteiger partial charge on any atom is -0.328 e. The molecule has 0 amide bonds. The van der Waals surface area contributed by atoms with Gasteiger partial charge in [-0.15, -0.1) is 0 Å². The predicted octanol–water partition coefficient (Wildman–Crippen LogP) is 0.866. The lowest BCUT2D eigenvalue weighted by atomic mass is 9.98. The van der Waals surface area contributed by atoms with E-state index in [0.29, 0.717) is 12.5 Å². The Morgan fingerprint density at radius 1 is 1.57 bits per heavy atom. The Kier molecular flexibility index (Phi) is 2.72. The molecule has 1 aromatic heterocycles. The number of hydrogen-bond donors (Lipinski definition) is 2. The molecule has 1 saturated carbocycles. The first-order chi connectivity index (χ1) is 6.83. The molecule has 0 aliphatic heterocycles. The summed E-state index contributed by atoms with van der Waals surface area (Å²) in [6.07, 6.45) is 8.46. The summed E-state index contributed by atoms with van der Waals surface area (Å²) in [5.74, 6) is 0.591. The van der Waals surface area contributed by atoms with Crippen LogP contribution in [0.3, 0.4) is 0 Å². The van der Waals surface area contributed by atoms with Crippen molar-refractivity contribution in [3.63, 3.8) is 0 Å². The van der Waals surface area contributed by atoms with Gasteiger partial charge in [-0.1, -0.05) is 12.8 Å². The van der Waals surface area contributed by atoms with E-state index in [1.807, 2.05) is 0 Å². The molecule has 2 rings (SSSR count). The normalized spacial score (nSPS) is 20.1. The van der Waals surface area contributed by atoms with Crippen molar-refractivity contribution >= 4 is 0 Å². The number of aromatic nitrogens is 2. The summed E-state index contributed by atoms with van der Waals surface area (Å²) in [7, 11) is 0. The Balaban J connectivity index is 2.20. The summed E-state index contributed by atoms with van der Waals surface area (Å²) in [6.45, 7) is 0.558. The number of nitrogens with two attached hydrogens (primary N) is 1. The van der Waals surface area contributed by atoms with Gasteiger partial charge in [0.1, 0.15) is 0 Å². The standard InChI is InChI=1S/C10H17N3O/c11-7-9(8-3-1-2-4-8)13-6-5-12-10(13)14/h5-6,8-9H,1-4,7,11H2,(H,12,14). The van der Waals surface area contributed by atoms with Gasteiger partial charge in [-0.2, -0.15) is 0 Å². The molecule has 0 aromatic carbocycles. The van der Waals surface area contributed by atoms with Crippen molar-refractivity contribution in [3.8, 4) is 0 Å². The SMILES string of the molecule is NCC(C1CCCC1)n1cc[nH]c1=O. The number of aromatic amines is 1. The molecule has 1 fully saturated rings. The van der Waals surface area contributed by atoms with Gasteiger partial charge in [-0.25, -0.2) is 4.79 Å². The highest BCUT2D eigenvalue weighted by atomic mass is 16.1. The van der Waals surface area contributed by atoms with Crippen LogP contribution in [0, 0.1) is 5.92 Å². The van der Waals surface area contributed by atoms with Crippen LogP contribution in [-0.2, 0) is 0 Å². The first kappa shape index (κ1) is 9.52. The molecule has 0 radical (unpaired) electrons. The summed E-state index contributed by atoms with van der Waals surface area (Å²) in [4.78, 5) is 14.1. The average molecular weight is 195 g/mol. The zero-order valence-electron chi connectivity index (χ0n) is 8.28. The Bertz CT molecular complexity index is 335. The van der Waals surface area contributed by atoms with E-state index in [1.54, 1.807) is 17.0 Å². The number of nitrogens with zero attached hydrogens (tertiary/aromatic N) is 1. The van der Waals surface area contributed by atoms with Crippen LogP contribution >= 0.6 is 0 Å². The molecule has 4 nitrogen and oxygen atoms in total. The third kappa shape index (κ3) is 1.62. The quantitative estimate of drug-likeness (QED) is 0.751. The molecule has 0 bridgehead atoms. The van der Waals surface area contributed by atoms with Crippen LogP contribution in [0.4, 0.5) is 0 Å². The average Bonchev–Trinajstić information content (AvgIpc) is 2.80. The maximum Gasteiger partial charge on any atom is 0.325 e. The molecule has 78 valence electrons. The zero-order valence-corrected chi connectivity index (χ0v) is 8.28. The smallest absolute Gasteiger partial charge is 0.325 e. The molecule has 3 N–H and O–H groups in total. The minimum atomic E-state index is -0.0349. The first-order valence-electron chi connectivity index (χ1n) is 5.28. The number of imidazole rings is 1. The maximum atomic E-state index is 11.4. The van der Waals surface area contributed by atoms with E-state index in [9.17, 15) is 4.79 Å². The molecular weight excluding hydrogens is 178 g/mol. The van der Waals surface area contributed by atoms with E-state index in [0.717, 1.165) is 0 Å².